The van der Waals surface area contributed by atoms with Gasteiger partial charge in [-0.25, -0.2) is 8.78 Å². The monoisotopic (exact) mass is 354 g/mol. The molecule has 1 amide bonds. The van der Waals surface area contributed by atoms with Gasteiger partial charge in [0.05, 0.1) is 12.1 Å². The van der Waals surface area contributed by atoms with E-state index < -0.39 is 23.8 Å². The summed E-state index contributed by atoms with van der Waals surface area (Å²) >= 11 is 0. The first-order valence-electron chi connectivity index (χ1n) is 9.02. The number of carbonyl (C=O) groups excluding carboxylic acids is 1. The van der Waals surface area contributed by atoms with Gasteiger partial charge in [0, 0.05) is 19.0 Å². The van der Waals surface area contributed by atoms with Gasteiger partial charge >= 0.3 is 0 Å². The summed E-state index contributed by atoms with van der Waals surface area (Å²) in [4.78, 5) is 11.5. The topological polar surface area (TPSA) is 61.4 Å². The van der Waals surface area contributed by atoms with Crippen LogP contribution >= 0.6 is 0 Å². The van der Waals surface area contributed by atoms with Gasteiger partial charge in [-0.15, -0.1) is 0 Å². The average molecular weight is 354 g/mol. The molecule has 25 heavy (non-hydrogen) atoms. The lowest BCUT2D eigenvalue weighted by atomic mass is 9.84. The Balaban J connectivity index is 2.10. The molecule has 4 nitrogen and oxygen atoms in total. The molecule has 2 rings (SSSR count). The minimum atomic E-state index is -0.824. The van der Waals surface area contributed by atoms with Crippen LogP contribution in [0.4, 0.5) is 8.78 Å². The summed E-state index contributed by atoms with van der Waals surface area (Å²) in [6, 6.07) is 2.54. The van der Waals surface area contributed by atoms with Gasteiger partial charge in [-0.1, -0.05) is 19.8 Å². The molecule has 1 aliphatic heterocycles. The number of rotatable bonds is 7. The first kappa shape index (κ1) is 19.8. The van der Waals surface area contributed by atoms with Crippen LogP contribution in [0.1, 0.15) is 45.1 Å². The van der Waals surface area contributed by atoms with E-state index in [0.717, 1.165) is 38.3 Å². The maximum Gasteiger partial charge on any atom is 0.217 e. The van der Waals surface area contributed by atoms with E-state index in [1.807, 2.05) is 0 Å². The number of hydrogen-bond donors (Lipinski definition) is 3. The van der Waals surface area contributed by atoms with Gasteiger partial charge in [-0.3, -0.25) is 4.79 Å². The number of aliphatic hydroxyl groups excluding tert-OH is 1. The van der Waals surface area contributed by atoms with Gasteiger partial charge in [-0.05, 0) is 49.4 Å². The first-order valence-corrected chi connectivity index (χ1v) is 9.02. The zero-order valence-electron chi connectivity index (χ0n) is 14.9. The second-order valence-corrected chi connectivity index (χ2v) is 7.02. The zero-order chi connectivity index (χ0) is 18.4. The minimum Gasteiger partial charge on any atom is -0.389 e. The lowest BCUT2D eigenvalue weighted by Gasteiger charge is -2.37. The largest absolute Gasteiger partial charge is 0.389 e. The smallest absolute Gasteiger partial charge is 0.217 e. The van der Waals surface area contributed by atoms with Gasteiger partial charge in [-0.2, -0.15) is 0 Å². The van der Waals surface area contributed by atoms with Crippen molar-refractivity contribution in [3.63, 3.8) is 0 Å². The fourth-order valence-corrected chi connectivity index (χ4v) is 3.75. The SMILES string of the molecule is CCCC1CCN[C@H]([C@@H](O)[C@H](Cc2cc(F)cc(F)c2)NC(C)=O)C1. The van der Waals surface area contributed by atoms with Crippen molar-refractivity contribution in [2.45, 2.75) is 64.1 Å². The van der Waals surface area contributed by atoms with Crippen LogP contribution in [0.2, 0.25) is 0 Å². The third-order valence-corrected chi connectivity index (χ3v) is 4.83. The molecule has 3 N–H and O–H groups in total. The van der Waals surface area contributed by atoms with Crippen molar-refractivity contribution in [1.29, 1.82) is 0 Å². The maximum absolute atomic E-state index is 13.4. The predicted octanol–water partition coefficient (Wildman–Crippen LogP) is 2.54. The summed E-state index contributed by atoms with van der Waals surface area (Å²) in [6.07, 6.45) is 3.48. The fourth-order valence-electron chi connectivity index (χ4n) is 3.75. The summed E-state index contributed by atoms with van der Waals surface area (Å²) in [5, 5.41) is 16.9. The number of halogens is 2. The molecule has 1 aliphatic rings. The van der Waals surface area contributed by atoms with E-state index in [9.17, 15) is 18.7 Å². The standard InChI is InChI=1S/C19H28F2N2O2/c1-3-4-13-5-6-22-17(9-13)19(25)18(23-12(2)24)10-14-7-15(20)11-16(21)8-14/h7-8,11,13,17-19,22,25H,3-6,9-10H2,1-2H3,(H,23,24)/t13?,17-,18-,19+/m0/s1. The van der Waals surface area contributed by atoms with Gasteiger partial charge in [0.2, 0.25) is 5.91 Å². The quantitative estimate of drug-likeness (QED) is 0.705. The molecule has 1 heterocycles. The lowest BCUT2D eigenvalue weighted by Crippen LogP contribution is -2.55. The Hall–Kier alpha value is -1.53. The van der Waals surface area contributed by atoms with E-state index in [-0.39, 0.29) is 18.4 Å². The predicted molar refractivity (Wildman–Crippen MR) is 93.1 cm³/mol. The molecular formula is C19H28F2N2O2. The molecule has 0 spiro atoms. The van der Waals surface area contributed by atoms with Gasteiger partial charge in [0.25, 0.3) is 0 Å². The van der Waals surface area contributed by atoms with Crippen molar-refractivity contribution in [2.24, 2.45) is 5.92 Å². The number of nitrogens with one attached hydrogen (secondary N) is 2. The number of amides is 1. The molecule has 140 valence electrons. The Labute approximate surface area is 148 Å². The highest BCUT2D eigenvalue weighted by molar-refractivity contribution is 5.73. The first-order chi connectivity index (χ1) is 11.9. The van der Waals surface area contributed by atoms with E-state index >= 15 is 0 Å². The summed E-state index contributed by atoms with van der Waals surface area (Å²) in [5.41, 5.74) is 0.413. The second kappa shape index (κ2) is 9.25. The normalized spacial score (nSPS) is 23.1. The highest BCUT2D eigenvalue weighted by Crippen LogP contribution is 2.24. The van der Waals surface area contributed by atoms with Crippen molar-refractivity contribution in [3.8, 4) is 0 Å². The van der Waals surface area contributed by atoms with E-state index in [4.69, 9.17) is 0 Å². The van der Waals surface area contributed by atoms with Crippen LogP contribution in [-0.2, 0) is 11.2 Å². The van der Waals surface area contributed by atoms with E-state index in [0.29, 0.717) is 11.5 Å². The molecule has 1 aromatic carbocycles. The molecule has 1 unspecified atom stereocenters. The van der Waals surface area contributed by atoms with E-state index in [1.54, 1.807) is 0 Å². The second-order valence-electron chi connectivity index (χ2n) is 7.02. The molecule has 1 fully saturated rings. The van der Waals surface area contributed by atoms with E-state index in [1.165, 1.54) is 19.1 Å². The van der Waals surface area contributed by atoms with Gasteiger partial charge in [0.1, 0.15) is 11.6 Å². The third-order valence-electron chi connectivity index (χ3n) is 4.83. The molecule has 6 heteroatoms. The van der Waals surface area contributed by atoms with Crippen LogP contribution in [0, 0.1) is 17.6 Å². The Kier molecular flexibility index (Phi) is 7.32. The third kappa shape index (κ3) is 6.04. The Morgan fingerprint density at radius 3 is 2.64 bits per heavy atom. The number of aliphatic hydroxyl groups is 1. The van der Waals surface area contributed by atoms with Crippen molar-refractivity contribution >= 4 is 5.91 Å². The van der Waals surface area contributed by atoms with Crippen LogP contribution in [-0.4, -0.2) is 35.7 Å². The van der Waals surface area contributed by atoms with Gasteiger partial charge < -0.3 is 15.7 Å². The highest BCUT2D eigenvalue weighted by Gasteiger charge is 2.32. The van der Waals surface area contributed by atoms with Crippen LogP contribution in [0.3, 0.4) is 0 Å². The van der Waals surface area contributed by atoms with Crippen LogP contribution in [0.25, 0.3) is 0 Å². The molecular weight excluding hydrogens is 326 g/mol. The van der Waals surface area contributed by atoms with Crippen molar-refractivity contribution in [3.05, 3.63) is 35.4 Å². The van der Waals surface area contributed by atoms with Gasteiger partial charge in [0.15, 0.2) is 0 Å². The summed E-state index contributed by atoms with van der Waals surface area (Å²) in [7, 11) is 0. The number of hydrogen-bond acceptors (Lipinski definition) is 3. The zero-order valence-corrected chi connectivity index (χ0v) is 14.9. The molecule has 1 saturated heterocycles. The Morgan fingerprint density at radius 2 is 2.04 bits per heavy atom. The van der Waals surface area contributed by atoms with Crippen molar-refractivity contribution in [1.82, 2.24) is 10.6 Å². The molecule has 0 aliphatic carbocycles. The number of piperidine rings is 1. The lowest BCUT2D eigenvalue weighted by molar-refractivity contribution is -0.120. The van der Waals surface area contributed by atoms with E-state index in [2.05, 4.69) is 17.6 Å². The maximum atomic E-state index is 13.4. The molecule has 4 atom stereocenters. The molecule has 0 aromatic heterocycles. The number of benzene rings is 1. The summed E-state index contributed by atoms with van der Waals surface area (Å²) < 4.78 is 26.9. The molecule has 0 saturated carbocycles. The van der Waals surface area contributed by atoms with Crippen LogP contribution < -0.4 is 10.6 Å². The Morgan fingerprint density at radius 1 is 1.36 bits per heavy atom. The Bertz CT molecular complexity index is 560. The van der Waals surface area contributed by atoms with Crippen LogP contribution in [0.15, 0.2) is 18.2 Å². The average Bonchev–Trinajstić information content (AvgIpc) is 2.53. The highest BCUT2D eigenvalue weighted by atomic mass is 19.1. The van der Waals surface area contributed by atoms with Crippen molar-refractivity contribution < 1.29 is 18.7 Å². The molecule has 1 aromatic rings. The van der Waals surface area contributed by atoms with Crippen LogP contribution in [0.5, 0.6) is 0 Å². The summed E-state index contributed by atoms with van der Waals surface area (Å²) in [5.74, 6) is -1.05. The number of carbonyl (C=O) groups is 1. The molecule has 0 radical (unpaired) electrons. The summed E-state index contributed by atoms with van der Waals surface area (Å²) in [6.45, 7) is 4.35. The fraction of sp³-hybridized carbons (Fsp3) is 0.632. The van der Waals surface area contributed by atoms with Crippen molar-refractivity contribution in [2.75, 3.05) is 6.54 Å². The molecule has 0 bridgehead atoms. The minimum absolute atomic E-state index is 0.138.